The number of nitrogens with two attached hydrogens (primary N) is 1. The van der Waals surface area contributed by atoms with Crippen molar-refractivity contribution in [3.8, 4) is 11.8 Å². The van der Waals surface area contributed by atoms with E-state index in [1.807, 2.05) is 38.1 Å². The molecule has 0 aliphatic rings. The molecular formula is C21H27N5O. The summed E-state index contributed by atoms with van der Waals surface area (Å²) in [7, 11) is 0. The molecule has 0 saturated heterocycles. The Morgan fingerprint density at radius 3 is 2.37 bits per heavy atom. The zero-order valence-electron chi connectivity index (χ0n) is 16.4. The van der Waals surface area contributed by atoms with E-state index in [0.29, 0.717) is 29.8 Å². The highest BCUT2D eigenvalue weighted by molar-refractivity contribution is 5.81. The lowest BCUT2D eigenvalue weighted by Crippen LogP contribution is -2.09. The van der Waals surface area contributed by atoms with Crippen LogP contribution in [0.2, 0.25) is 0 Å². The zero-order valence-corrected chi connectivity index (χ0v) is 16.4. The van der Waals surface area contributed by atoms with E-state index < -0.39 is 0 Å². The summed E-state index contributed by atoms with van der Waals surface area (Å²) in [5.74, 6) is 1.60. The van der Waals surface area contributed by atoms with Crippen molar-refractivity contribution in [2.45, 2.75) is 40.5 Å². The lowest BCUT2D eigenvalue weighted by atomic mass is 10.1. The van der Waals surface area contributed by atoms with E-state index in [1.54, 1.807) is 16.8 Å². The standard InChI is InChI=1S/C18H19N5O.C3H8/c1-3-14-17(20)15(11-19)16-9-10-21-23(16)18(14)22-12-5-7-13(8-6-12)24-4-2;1-3-2/h5-10,22H,3-4,20H2,1-2H3;3H2,1-2H3. The number of fused-ring (bicyclic) bond motifs is 1. The molecular weight excluding hydrogens is 338 g/mol. The van der Waals surface area contributed by atoms with Crippen LogP contribution in [0.1, 0.15) is 45.2 Å². The van der Waals surface area contributed by atoms with Gasteiger partial charge in [0, 0.05) is 11.3 Å². The number of nitrogens with one attached hydrogen (secondary N) is 1. The van der Waals surface area contributed by atoms with Gasteiger partial charge in [-0.2, -0.15) is 10.4 Å². The molecule has 3 rings (SSSR count). The number of nitrogens with zero attached hydrogens (tertiary/aromatic N) is 3. The topological polar surface area (TPSA) is 88.4 Å². The molecule has 0 spiro atoms. The summed E-state index contributed by atoms with van der Waals surface area (Å²) >= 11 is 0. The molecule has 1 aromatic carbocycles. The molecule has 142 valence electrons. The molecule has 0 aliphatic carbocycles. The van der Waals surface area contributed by atoms with E-state index in [-0.39, 0.29) is 0 Å². The summed E-state index contributed by atoms with van der Waals surface area (Å²) in [5.41, 5.74) is 9.65. The molecule has 6 heteroatoms. The Hall–Kier alpha value is -3.20. The number of nitrogen functional groups attached to an aromatic ring is 1. The smallest absolute Gasteiger partial charge is 0.137 e. The van der Waals surface area contributed by atoms with Gasteiger partial charge in [-0.1, -0.05) is 27.2 Å². The third kappa shape index (κ3) is 4.32. The highest BCUT2D eigenvalue weighted by Crippen LogP contribution is 2.32. The van der Waals surface area contributed by atoms with Crippen LogP contribution < -0.4 is 15.8 Å². The number of anilines is 3. The third-order valence-electron chi connectivity index (χ3n) is 3.88. The minimum atomic E-state index is 0.460. The summed E-state index contributed by atoms with van der Waals surface area (Å²) in [6.07, 6.45) is 3.61. The molecule has 2 aromatic heterocycles. The highest BCUT2D eigenvalue weighted by Gasteiger charge is 2.17. The highest BCUT2D eigenvalue weighted by atomic mass is 16.5. The van der Waals surface area contributed by atoms with Crippen molar-refractivity contribution in [1.82, 2.24) is 9.61 Å². The van der Waals surface area contributed by atoms with Gasteiger partial charge in [-0.05, 0) is 43.7 Å². The van der Waals surface area contributed by atoms with Crippen molar-refractivity contribution in [2.75, 3.05) is 17.7 Å². The summed E-state index contributed by atoms with van der Waals surface area (Å²) < 4.78 is 7.19. The molecule has 2 heterocycles. The summed E-state index contributed by atoms with van der Waals surface area (Å²) in [5, 5.41) is 17.1. The minimum Gasteiger partial charge on any atom is -0.494 e. The summed E-state index contributed by atoms with van der Waals surface area (Å²) in [6.45, 7) is 8.84. The number of nitriles is 1. The number of hydrogen-bond donors (Lipinski definition) is 2. The predicted molar refractivity (Wildman–Crippen MR) is 111 cm³/mol. The molecule has 3 aromatic rings. The van der Waals surface area contributed by atoms with Crippen LogP contribution in [0.4, 0.5) is 17.2 Å². The Balaban J connectivity index is 0.000000817. The zero-order chi connectivity index (χ0) is 19.8. The monoisotopic (exact) mass is 365 g/mol. The average Bonchev–Trinajstić information content (AvgIpc) is 3.14. The first-order valence-electron chi connectivity index (χ1n) is 9.29. The Bertz CT molecular complexity index is 922. The molecule has 0 aliphatic heterocycles. The Labute approximate surface area is 160 Å². The van der Waals surface area contributed by atoms with E-state index in [1.165, 1.54) is 6.42 Å². The number of hydrogen-bond acceptors (Lipinski definition) is 5. The SMILES string of the molecule is CCC.CCOc1ccc(Nc2c(CC)c(N)c(C#N)c3ccnn23)cc1. The van der Waals surface area contributed by atoms with Gasteiger partial charge in [0.05, 0.1) is 24.0 Å². The lowest BCUT2D eigenvalue weighted by Gasteiger charge is -2.17. The van der Waals surface area contributed by atoms with Crippen LogP contribution >= 0.6 is 0 Å². The molecule has 3 N–H and O–H groups in total. The fourth-order valence-corrected chi connectivity index (χ4v) is 2.76. The Kier molecular flexibility index (Phi) is 7.07. The van der Waals surface area contributed by atoms with Crippen LogP contribution in [0.5, 0.6) is 5.75 Å². The fourth-order valence-electron chi connectivity index (χ4n) is 2.76. The van der Waals surface area contributed by atoms with Gasteiger partial charge < -0.3 is 15.8 Å². The number of pyridine rings is 1. The molecule has 0 radical (unpaired) electrons. The molecule has 0 unspecified atom stereocenters. The van der Waals surface area contributed by atoms with Gasteiger partial charge in [0.1, 0.15) is 23.2 Å². The van der Waals surface area contributed by atoms with Crippen LogP contribution in [0, 0.1) is 11.3 Å². The van der Waals surface area contributed by atoms with Crippen molar-refractivity contribution < 1.29 is 4.74 Å². The van der Waals surface area contributed by atoms with Crippen LogP contribution in [-0.2, 0) is 6.42 Å². The maximum atomic E-state index is 9.41. The van der Waals surface area contributed by atoms with Crippen molar-refractivity contribution in [1.29, 1.82) is 5.26 Å². The Morgan fingerprint density at radius 1 is 1.15 bits per heavy atom. The third-order valence-corrected chi connectivity index (χ3v) is 3.88. The van der Waals surface area contributed by atoms with Gasteiger partial charge in [0.2, 0.25) is 0 Å². The van der Waals surface area contributed by atoms with Gasteiger partial charge in [-0.3, -0.25) is 0 Å². The summed E-state index contributed by atoms with van der Waals surface area (Å²) in [6, 6.07) is 11.7. The molecule has 0 fully saturated rings. The van der Waals surface area contributed by atoms with Crippen LogP contribution in [0.25, 0.3) is 5.52 Å². The number of ether oxygens (including phenoxy) is 1. The normalized spacial score (nSPS) is 10.0. The molecule has 0 saturated carbocycles. The predicted octanol–water partition coefficient (Wildman–Crippen LogP) is 4.91. The second-order valence-electron chi connectivity index (χ2n) is 6.00. The maximum Gasteiger partial charge on any atom is 0.137 e. The van der Waals surface area contributed by atoms with E-state index in [2.05, 4.69) is 30.3 Å². The molecule has 0 amide bonds. The molecule has 6 nitrogen and oxygen atoms in total. The van der Waals surface area contributed by atoms with E-state index in [0.717, 1.165) is 22.8 Å². The van der Waals surface area contributed by atoms with E-state index in [9.17, 15) is 5.26 Å². The first-order valence-corrected chi connectivity index (χ1v) is 9.29. The molecule has 27 heavy (non-hydrogen) atoms. The second-order valence-corrected chi connectivity index (χ2v) is 6.00. The number of rotatable bonds is 5. The van der Waals surface area contributed by atoms with Gasteiger partial charge in [-0.25, -0.2) is 4.52 Å². The quantitative estimate of drug-likeness (QED) is 0.671. The van der Waals surface area contributed by atoms with Crippen molar-refractivity contribution in [3.63, 3.8) is 0 Å². The molecule has 0 atom stereocenters. The molecule has 0 bridgehead atoms. The van der Waals surface area contributed by atoms with E-state index in [4.69, 9.17) is 10.5 Å². The second kappa shape index (κ2) is 9.48. The van der Waals surface area contributed by atoms with Gasteiger partial charge in [-0.15, -0.1) is 0 Å². The van der Waals surface area contributed by atoms with Gasteiger partial charge in [0.25, 0.3) is 0 Å². The van der Waals surface area contributed by atoms with Gasteiger partial charge >= 0.3 is 0 Å². The first-order chi connectivity index (χ1) is 13.1. The largest absolute Gasteiger partial charge is 0.494 e. The lowest BCUT2D eigenvalue weighted by molar-refractivity contribution is 0.340. The number of aromatic nitrogens is 2. The van der Waals surface area contributed by atoms with Crippen molar-refractivity contribution >= 4 is 22.7 Å². The Morgan fingerprint density at radius 2 is 1.81 bits per heavy atom. The summed E-state index contributed by atoms with van der Waals surface area (Å²) in [4.78, 5) is 0. The minimum absolute atomic E-state index is 0.460. The maximum absolute atomic E-state index is 9.41. The van der Waals surface area contributed by atoms with Crippen molar-refractivity contribution in [3.05, 3.63) is 47.7 Å². The van der Waals surface area contributed by atoms with E-state index >= 15 is 0 Å². The van der Waals surface area contributed by atoms with Crippen LogP contribution in [0.3, 0.4) is 0 Å². The first kappa shape index (κ1) is 20.1. The average molecular weight is 365 g/mol. The van der Waals surface area contributed by atoms with Crippen molar-refractivity contribution in [2.24, 2.45) is 0 Å². The van der Waals surface area contributed by atoms with Crippen LogP contribution in [-0.4, -0.2) is 16.2 Å². The fraction of sp³-hybridized carbons (Fsp3) is 0.333. The van der Waals surface area contributed by atoms with Crippen LogP contribution in [0.15, 0.2) is 36.5 Å². The van der Waals surface area contributed by atoms with Gasteiger partial charge in [0.15, 0.2) is 0 Å². The number of benzene rings is 1.